The van der Waals surface area contributed by atoms with Gasteiger partial charge in [-0.15, -0.1) is 0 Å². The number of hydrogen-bond donors (Lipinski definition) is 0. The van der Waals surface area contributed by atoms with Crippen LogP contribution in [0.1, 0.15) is 86.5 Å². The highest BCUT2D eigenvalue weighted by Crippen LogP contribution is 2.62. The molecular weight excluding hydrogens is 480 g/mol. The van der Waals surface area contributed by atoms with E-state index in [1.165, 1.54) is 24.8 Å². The Morgan fingerprint density at radius 1 is 1.16 bits per heavy atom. The number of hydrogen-bond acceptors (Lipinski definition) is 3. The lowest BCUT2D eigenvalue weighted by Crippen LogP contribution is -2.55. The number of carbonyl (C=O) groups excluding carboxylic acids is 1. The highest BCUT2D eigenvalue weighted by molar-refractivity contribution is 9.09. The van der Waals surface area contributed by atoms with Gasteiger partial charge in [0.15, 0.2) is 8.32 Å². The average Bonchev–Trinajstić information content (AvgIpc) is 2.97. The Hall–Kier alpha value is -0.133. The molecule has 0 radical (unpaired) electrons. The summed E-state index contributed by atoms with van der Waals surface area (Å²) < 4.78 is 13.0. The van der Waals surface area contributed by atoms with Gasteiger partial charge in [-0.3, -0.25) is 4.79 Å². The minimum absolute atomic E-state index is 0.00209. The molecule has 0 aromatic carbocycles. The van der Waals surface area contributed by atoms with Crippen molar-refractivity contribution in [3.05, 3.63) is 12.2 Å². The molecule has 7 atom stereocenters. The number of allylic oxidation sites excluding steroid dienone is 1. The molecule has 184 valence electrons. The van der Waals surface area contributed by atoms with Gasteiger partial charge in [0, 0.05) is 30.2 Å². The molecule has 2 unspecified atom stereocenters. The molecule has 0 heterocycles. The van der Waals surface area contributed by atoms with E-state index in [2.05, 4.69) is 70.2 Å². The normalized spacial score (nSPS) is 40.8. The Balaban J connectivity index is 1.90. The van der Waals surface area contributed by atoms with Crippen LogP contribution >= 0.6 is 15.9 Å². The molecule has 3 aliphatic carbocycles. The Kier molecular flexibility index (Phi) is 7.57. The number of rotatable bonds is 5. The van der Waals surface area contributed by atoms with E-state index in [0.29, 0.717) is 22.6 Å². The summed E-state index contributed by atoms with van der Waals surface area (Å²) >= 11 is 3.94. The number of esters is 1. The first kappa shape index (κ1) is 26.5. The minimum atomic E-state index is -1.82. The molecular formula is C27H47BrO3Si. The van der Waals surface area contributed by atoms with Crippen molar-refractivity contribution in [3.63, 3.8) is 0 Å². The second-order valence-electron chi connectivity index (χ2n) is 13.0. The van der Waals surface area contributed by atoms with Crippen LogP contribution in [0.25, 0.3) is 0 Å². The summed E-state index contributed by atoms with van der Waals surface area (Å²) in [6, 6.07) is 0. The monoisotopic (exact) mass is 526 g/mol. The quantitative estimate of drug-likeness (QED) is 0.158. The van der Waals surface area contributed by atoms with E-state index in [4.69, 9.17) is 9.16 Å². The van der Waals surface area contributed by atoms with Crippen LogP contribution in [-0.4, -0.2) is 31.8 Å². The molecule has 3 fully saturated rings. The topological polar surface area (TPSA) is 35.5 Å². The summed E-state index contributed by atoms with van der Waals surface area (Å²) in [7, 11) is -1.82. The first-order valence-corrected chi connectivity index (χ1v) is 16.6. The third kappa shape index (κ3) is 4.82. The molecule has 0 spiro atoms. The van der Waals surface area contributed by atoms with Crippen LogP contribution in [0.5, 0.6) is 0 Å². The fraction of sp³-hybridized carbons (Fsp3) is 0.889. The van der Waals surface area contributed by atoms with E-state index >= 15 is 0 Å². The maximum Gasteiger partial charge on any atom is 0.302 e. The van der Waals surface area contributed by atoms with E-state index in [-0.39, 0.29) is 27.9 Å². The van der Waals surface area contributed by atoms with Gasteiger partial charge in [-0.2, -0.15) is 0 Å². The van der Waals surface area contributed by atoms with Gasteiger partial charge in [-0.25, -0.2) is 0 Å². The second-order valence-corrected chi connectivity index (χ2v) is 19.1. The third-order valence-corrected chi connectivity index (χ3v) is 15.6. The van der Waals surface area contributed by atoms with Crippen LogP contribution in [0.3, 0.4) is 0 Å². The number of carbonyl (C=O) groups is 1. The van der Waals surface area contributed by atoms with Gasteiger partial charge in [0.1, 0.15) is 6.10 Å². The van der Waals surface area contributed by atoms with Crippen LogP contribution in [-0.2, 0) is 14.0 Å². The van der Waals surface area contributed by atoms with Crippen molar-refractivity contribution in [1.29, 1.82) is 0 Å². The lowest BCUT2D eigenvalue weighted by molar-refractivity contribution is -0.171. The van der Waals surface area contributed by atoms with Gasteiger partial charge in [0.2, 0.25) is 0 Å². The van der Waals surface area contributed by atoms with Gasteiger partial charge in [0.25, 0.3) is 0 Å². The predicted octanol–water partition coefficient (Wildman–Crippen LogP) is 7.89. The summed E-state index contributed by atoms with van der Waals surface area (Å²) in [5.41, 5.74) is 1.61. The average molecular weight is 528 g/mol. The summed E-state index contributed by atoms with van der Waals surface area (Å²) in [5, 5.41) is 0.211. The Morgan fingerprint density at radius 2 is 1.81 bits per heavy atom. The van der Waals surface area contributed by atoms with Crippen LogP contribution in [0, 0.1) is 28.6 Å². The van der Waals surface area contributed by atoms with E-state index in [0.717, 1.165) is 32.3 Å². The smallest absolute Gasteiger partial charge is 0.302 e. The van der Waals surface area contributed by atoms with Gasteiger partial charge < -0.3 is 9.16 Å². The van der Waals surface area contributed by atoms with E-state index in [1.54, 1.807) is 6.92 Å². The van der Waals surface area contributed by atoms with E-state index < -0.39 is 8.32 Å². The van der Waals surface area contributed by atoms with Crippen molar-refractivity contribution in [1.82, 2.24) is 0 Å². The first-order chi connectivity index (χ1) is 14.6. The molecule has 0 saturated heterocycles. The molecule has 0 amide bonds. The summed E-state index contributed by atoms with van der Waals surface area (Å²) in [6.07, 6.45) is 7.95. The van der Waals surface area contributed by atoms with Crippen molar-refractivity contribution in [3.8, 4) is 0 Å². The second kappa shape index (κ2) is 9.15. The van der Waals surface area contributed by atoms with Crippen molar-refractivity contribution in [2.24, 2.45) is 28.6 Å². The zero-order valence-electron chi connectivity index (χ0n) is 21.9. The van der Waals surface area contributed by atoms with Crippen LogP contribution in [0.2, 0.25) is 18.1 Å². The molecule has 0 bridgehead atoms. The molecule has 3 nitrogen and oxygen atoms in total. The molecule has 3 saturated carbocycles. The van der Waals surface area contributed by atoms with Gasteiger partial charge in [-0.1, -0.05) is 62.7 Å². The van der Waals surface area contributed by atoms with Crippen molar-refractivity contribution < 1.29 is 14.0 Å². The van der Waals surface area contributed by atoms with Gasteiger partial charge in [-0.05, 0) is 79.8 Å². The van der Waals surface area contributed by atoms with Crippen molar-refractivity contribution >= 4 is 30.2 Å². The molecule has 0 aromatic rings. The van der Waals surface area contributed by atoms with Gasteiger partial charge >= 0.3 is 5.97 Å². The number of halogens is 1. The zero-order chi connectivity index (χ0) is 24.1. The largest absolute Gasteiger partial charge is 0.462 e. The molecule has 0 aliphatic heterocycles. The van der Waals surface area contributed by atoms with E-state index in [9.17, 15) is 4.79 Å². The Bertz CT molecular complexity index is 729. The minimum Gasteiger partial charge on any atom is -0.462 e. The van der Waals surface area contributed by atoms with Crippen LogP contribution in [0.15, 0.2) is 12.2 Å². The highest BCUT2D eigenvalue weighted by atomic mass is 79.9. The zero-order valence-corrected chi connectivity index (χ0v) is 24.4. The standard InChI is InChI=1S/C27H47BrO3Si/c1-18-10-11-22-24(31-19(2)29)23(13-15-26(18,22)6)27(7)14-12-21(28)16-20(27)17-30-32(8,9)25(3,4)5/h20-24H,1,10-17H2,2-9H3/t20-,21+,22?,23?,24+,26-,27+/m1/s1. The summed E-state index contributed by atoms with van der Waals surface area (Å²) in [4.78, 5) is 12.8. The van der Waals surface area contributed by atoms with Crippen molar-refractivity contribution in [2.75, 3.05) is 6.61 Å². The van der Waals surface area contributed by atoms with Crippen molar-refractivity contribution in [2.45, 2.75) is 116 Å². The molecule has 5 heteroatoms. The molecule has 3 rings (SSSR count). The Labute approximate surface area is 206 Å². The van der Waals surface area contributed by atoms with Crippen LogP contribution in [0.4, 0.5) is 0 Å². The van der Waals surface area contributed by atoms with E-state index in [1.807, 2.05) is 0 Å². The summed E-state index contributed by atoms with van der Waals surface area (Å²) in [5.74, 6) is 1.14. The fourth-order valence-corrected chi connectivity index (χ4v) is 8.42. The predicted molar refractivity (Wildman–Crippen MR) is 140 cm³/mol. The summed E-state index contributed by atoms with van der Waals surface area (Å²) in [6.45, 7) is 23.4. The number of fused-ring (bicyclic) bond motifs is 1. The highest BCUT2D eigenvalue weighted by Gasteiger charge is 2.58. The maximum absolute atomic E-state index is 12.2. The maximum atomic E-state index is 12.2. The lowest BCUT2D eigenvalue weighted by atomic mass is 9.52. The SMILES string of the molecule is C=C1CCC2[C@H](OC(C)=O)C([C@@]3(C)CC[C@H](Br)C[C@@H]3CO[Si](C)(C)C(C)(C)C)CC[C@]12C. The van der Waals surface area contributed by atoms with Gasteiger partial charge in [0.05, 0.1) is 0 Å². The fourth-order valence-electron chi connectivity index (χ4n) is 6.69. The molecule has 0 N–H and O–H groups in total. The van der Waals surface area contributed by atoms with Crippen LogP contribution < -0.4 is 0 Å². The lowest BCUT2D eigenvalue weighted by Gasteiger charge is -2.56. The number of alkyl halides is 1. The molecule has 32 heavy (non-hydrogen) atoms. The Morgan fingerprint density at radius 3 is 2.41 bits per heavy atom. The third-order valence-electron chi connectivity index (χ3n) is 10.2. The molecule has 3 aliphatic rings. The first-order valence-electron chi connectivity index (χ1n) is 12.8. The number of ether oxygens (including phenoxy) is 1. The molecule has 0 aromatic heterocycles.